The predicted molar refractivity (Wildman–Crippen MR) is 52.4 cm³/mol. The number of phenolic OH excluding ortho intramolecular Hbond substituents is 1. The Labute approximate surface area is 78.5 Å². The van der Waals surface area contributed by atoms with Crippen molar-refractivity contribution in [3.8, 4) is 10.8 Å². The fraction of sp³-hybridized carbons (Fsp3) is 0. The fourth-order valence-electron chi connectivity index (χ4n) is 1.11. The molecule has 0 spiro atoms. The van der Waals surface area contributed by atoms with Crippen molar-refractivity contribution in [3.63, 3.8) is 0 Å². The maximum atomic E-state index is 9.42. The molecule has 12 heavy (non-hydrogen) atoms. The Kier molecular flexibility index (Phi) is 1.66. The quantitative estimate of drug-likeness (QED) is 0.569. The van der Waals surface area contributed by atoms with Gasteiger partial charge in [0, 0.05) is 10.3 Å². The molecular formula is C8H6O2S2. The van der Waals surface area contributed by atoms with Gasteiger partial charge in [-0.15, -0.1) is 12.6 Å². The lowest BCUT2D eigenvalue weighted by Gasteiger charge is -1.95. The summed E-state index contributed by atoms with van der Waals surface area (Å²) in [5, 5.41) is 19.6. The molecule has 0 fully saturated rings. The van der Waals surface area contributed by atoms with E-state index in [1.165, 1.54) is 0 Å². The average molecular weight is 198 g/mol. The first kappa shape index (κ1) is 7.76. The normalized spacial score (nSPS) is 10.8. The van der Waals surface area contributed by atoms with Crippen molar-refractivity contribution in [2.45, 2.75) is 4.90 Å². The molecule has 2 rings (SSSR count). The Morgan fingerprint density at radius 3 is 2.67 bits per heavy atom. The first-order valence-electron chi connectivity index (χ1n) is 3.31. The van der Waals surface area contributed by atoms with E-state index in [0.717, 1.165) is 16.7 Å². The van der Waals surface area contributed by atoms with Crippen molar-refractivity contribution in [2.75, 3.05) is 0 Å². The lowest BCUT2D eigenvalue weighted by molar-refractivity contribution is 0.481. The number of aromatic hydroxyl groups is 2. The molecule has 1 aromatic heterocycles. The molecule has 0 saturated heterocycles. The molecule has 2 nitrogen and oxygen atoms in total. The molecule has 0 aliphatic rings. The molecule has 0 unspecified atom stereocenters. The molecule has 0 aliphatic heterocycles. The van der Waals surface area contributed by atoms with Crippen LogP contribution in [-0.4, -0.2) is 10.2 Å². The minimum atomic E-state index is 0.169. The molecule has 62 valence electrons. The summed E-state index contributed by atoms with van der Waals surface area (Å²) in [7, 11) is 0. The van der Waals surface area contributed by atoms with Crippen molar-refractivity contribution >= 4 is 34.1 Å². The molecule has 2 aromatic rings. The smallest absolute Gasteiger partial charge is 0.172 e. The van der Waals surface area contributed by atoms with Gasteiger partial charge in [0.2, 0.25) is 0 Å². The Bertz CT molecular complexity index is 434. The van der Waals surface area contributed by atoms with Gasteiger partial charge in [-0.25, -0.2) is 0 Å². The molecule has 0 radical (unpaired) electrons. The van der Waals surface area contributed by atoms with E-state index >= 15 is 0 Å². The highest BCUT2D eigenvalue weighted by Crippen LogP contribution is 2.37. The van der Waals surface area contributed by atoms with Gasteiger partial charge in [0.15, 0.2) is 5.06 Å². The highest BCUT2D eigenvalue weighted by Gasteiger charge is 2.05. The van der Waals surface area contributed by atoms with Gasteiger partial charge < -0.3 is 10.2 Å². The lowest BCUT2D eigenvalue weighted by Crippen LogP contribution is -1.67. The van der Waals surface area contributed by atoms with Crippen molar-refractivity contribution in [1.29, 1.82) is 0 Å². The van der Waals surface area contributed by atoms with Crippen LogP contribution in [0.5, 0.6) is 10.8 Å². The number of thiol groups is 1. The van der Waals surface area contributed by atoms with Crippen LogP contribution in [0.25, 0.3) is 10.1 Å². The third-order valence-corrected chi connectivity index (χ3v) is 2.80. The molecule has 2 N–H and O–H groups in total. The highest BCUT2D eigenvalue weighted by atomic mass is 32.1. The zero-order valence-corrected chi connectivity index (χ0v) is 7.69. The number of fused-ring (bicyclic) bond motifs is 1. The van der Waals surface area contributed by atoms with Gasteiger partial charge in [-0.3, -0.25) is 0 Å². The van der Waals surface area contributed by atoms with E-state index in [1.54, 1.807) is 18.2 Å². The highest BCUT2D eigenvalue weighted by molar-refractivity contribution is 7.80. The molecule has 0 amide bonds. The average Bonchev–Trinajstić information content (AvgIpc) is 2.29. The molecule has 1 aromatic carbocycles. The minimum Gasteiger partial charge on any atom is -0.506 e. The summed E-state index contributed by atoms with van der Waals surface area (Å²) >= 11 is 5.26. The van der Waals surface area contributed by atoms with E-state index < -0.39 is 0 Å². The number of hydrogen-bond acceptors (Lipinski definition) is 4. The Morgan fingerprint density at radius 1 is 1.17 bits per heavy atom. The Morgan fingerprint density at radius 2 is 1.92 bits per heavy atom. The summed E-state index contributed by atoms with van der Waals surface area (Å²) in [5.74, 6) is 0.169. The molecule has 0 atom stereocenters. The van der Waals surface area contributed by atoms with Crippen molar-refractivity contribution in [1.82, 2.24) is 0 Å². The van der Waals surface area contributed by atoms with E-state index in [4.69, 9.17) is 5.11 Å². The SMILES string of the molecule is Oc1cc2cc(S)cc(O)c2s1. The first-order chi connectivity index (χ1) is 5.66. The maximum absolute atomic E-state index is 9.42. The van der Waals surface area contributed by atoms with Crippen LogP contribution in [0.15, 0.2) is 23.1 Å². The standard InChI is InChI=1S/C8H6O2S2/c9-6-3-5(11)1-4-2-7(10)12-8(4)6/h1-3,9-11H. The van der Waals surface area contributed by atoms with Gasteiger partial charge in [0.05, 0.1) is 4.70 Å². The van der Waals surface area contributed by atoms with Crippen LogP contribution in [0.3, 0.4) is 0 Å². The number of rotatable bonds is 0. The summed E-state index contributed by atoms with van der Waals surface area (Å²) in [6, 6.07) is 4.97. The predicted octanol–water partition coefficient (Wildman–Crippen LogP) is 2.60. The van der Waals surface area contributed by atoms with E-state index in [1.807, 2.05) is 0 Å². The number of thiophene rings is 1. The molecule has 0 aliphatic carbocycles. The third kappa shape index (κ3) is 1.13. The zero-order valence-electron chi connectivity index (χ0n) is 5.98. The van der Waals surface area contributed by atoms with Gasteiger partial charge in [-0.2, -0.15) is 0 Å². The van der Waals surface area contributed by atoms with E-state index in [9.17, 15) is 5.11 Å². The Balaban J connectivity index is 2.88. The summed E-state index contributed by atoms with van der Waals surface area (Å²) in [5.41, 5.74) is 0. The fourth-order valence-corrected chi connectivity index (χ4v) is 2.16. The molecular weight excluding hydrogens is 192 g/mol. The lowest BCUT2D eigenvalue weighted by atomic mass is 10.2. The molecule has 1 heterocycles. The summed E-state index contributed by atoms with van der Waals surface area (Å²) < 4.78 is 0.699. The van der Waals surface area contributed by atoms with E-state index in [2.05, 4.69) is 12.6 Å². The van der Waals surface area contributed by atoms with Crippen LogP contribution in [0.2, 0.25) is 0 Å². The molecule has 0 saturated carbocycles. The summed E-state index contributed by atoms with van der Waals surface area (Å²) in [4.78, 5) is 0.692. The van der Waals surface area contributed by atoms with Crippen LogP contribution in [-0.2, 0) is 0 Å². The van der Waals surface area contributed by atoms with Gasteiger partial charge in [-0.1, -0.05) is 11.3 Å². The third-order valence-electron chi connectivity index (χ3n) is 1.57. The number of hydrogen-bond donors (Lipinski definition) is 3. The van der Waals surface area contributed by atoms with Crippen LogP contribution in [0.4, 0.5) is 0 Å². The Hall–Kier alpha value is -0.870. The monoisotopic (exact) mass is 198 g/mol. The van der Waals surface area contributed by atoms with Crippen LogP contribution < -0.4 is 0 Å². The zero-order chi connectivity index (χ0) is 8.72. The minimum absolute atomic E-state index is 0.169. The molecule has 0 bridgehead atoms. The van der Waals surface area contributed by atoms with Gasteiger partial charge in [0.25, 0.3) is 0 Å². The van der Waals surface area contributed by atoms with Gasteiger partial charge >= 0.3 is 0 Å². The molecule has 4 heteroatoms. The topological polar surface area (TPSA) is 40.5 Å². The second-order valence-corrected chi connectivity index (χ2v) is 4.01. The number of benzene rings is 1. The second-order valence-electron chi connectivity index (χ2n) is 2.47. The van der Waals surface area contributed by atoms with E-state index in [0.29, 0.717) is 9.60 Å². The largest absolute Gasteiger partial charge is 0.506 e. The van der Waals surface area contributed by atoms with Gasteiger partial charge in [0.1, 0.15) is 5.75 Å². The van der Waals surface area contributed by atoms with Crippen LogP contribution in [0, 0.1) is 0 Å². The second kappa shape index (κ2) is 2.57. The van der Waals surface area contributed by atoms with Crippen LogP contribution >= 0.6 is 24.0 Å². The van der Waals surface area contributed by atoms with Gasteiger partial charge in [-0.05, 0) is 18.2 Å². The van der Waals surface area contributed by atoms with E-state index in [-0.39, 0.29) is 10.8 Å². The van der Waals surface area contributed by atoms with Crippen molar-refractivity contribution < 1.29 is 10.2 Å². The first-order valence-corrected chi connectivity index (χ1v) is 4.57. The summed E-state index contributed by atoms with van der Waals surface area (Å²) in [6.07, 6.45) is 0. The van der Waals surface area contributed by atoms with Crippen molar-refractivity contribution in [3.05, 3.63) is 18.2 Å². The maximum Gasteiger partial charge on any atom is 0.172 e. The van der Waals surface area contributed by atoms with Crippen LogP contribution in [0.1, 0.15) is 0 Å². The van der Waals surface area contributed by atoms with Crippen molar-refractivity contribution in [2.24, 2.45) is 0 Å². The number of phenols is 1. The summed E-state index contributed by atoms with van der Waals surface area (Å²) in [6.45, 7) is 0.